The molecule has 18 heavy (non-hydrogen) atoms. The third-order valence-electron chi connectivity index (χ3n) is 2.94. The normalized spacial score (nSPS) is 12.8. The van der Waals surface area contributed by atoms with Gasteiger partial charge in [0, 0.05) is 18.0 Å². The number of hydrogen-bond donors (Lipinski definition) is 2. The molecule has 0 aliphatic heterocycles. The van der Waals surface area contributed by atoms with Crippen molar-refractivity contribution in [3.63, 3.8) is 0 Å². The summed E-state index contributed by atoms with van der Waals surface area (Å²) in [7, 11) is 0. The fourth-order valence-electron chi connectivity index (χ4n) is 1.81. The van der Waals surface area contributed by atoms with E-state index in [4.69, 9.17) is 5.11 Å². The average Bonchev–Trinajstić information content (AvgIpc) is 2.95. The van der Waals surface area contributed by atoms with Gasteiger partial charge in [0.15, 0.2) is 0 Å². The third kappa shape index (κ3) is 2.79. The quantitative estimate of drug-likeness (QED) is 0.872. The molecule has 2 aromatic heterocycles. The highest BCUT2D eigenvalue weighted by Crippen LogP contribution is 2.24. The van der Waals surface area contributed by atoms with Crippen molar-refractivity contribution < 1.29 is 9.90 Å². The minimum absolute atomic E-state index is 0.111. The van der Waals surface area contributed by atoms with Crippen molar-refractivity contribution in [2.24, 2.45) is 11.8 Å². The lowest BCUT2D eigenvalue weighted by atomic mass is 9.93. The Labute approximate surface area is 110 Å². The van der Waals surface area contributed by atoms with Crippen LogP contribution in [-0.4, -0.2) is 21.0 Å². The predicted octanol–water partition coefficient (Wildman–Crippen LogP) is 3.04. The first-order valence-corrected chi connectivity index (χ1v) is 6.77. The zero-order valence-electron chi connectivity index (χ0n) is 10.4. The second-order valence-electron chi connectivity index (χ2n) is 4.60. The Bertz CT molecular complexity index is 517. The molecule has 2 N–H and O–H groups in total. The largest absolute Gasteiger partial charge is 0.481 e. The molecule has 0 bridgehead atoms. The lowest BCUT2D eigenvalue weighted by molar-refractivity contribution is -0.143. The number of nitrogens with one attached hydrogen (secondary N) is 1. The Hall–Kier alpha value is -1.62. The molecule has 4 nitrogen and oxygen atoms in total. The summed E-state index contributed by atoms with van der Waals surface area (Å²) in [6.45, 7) is 3.86. The number of carboxylic acid groups (broad SMARTS) is 1. The van der Waals surface area contributed by atoms with Crippen LogP contribution >= 0.6 is 11.3 Å². The Morgan fingerprint density at radius 3 is 2.89 bits per heavy atom. The van der Waals surface area contributed by atoms with Crippen LogP contribution in [0.15, 0.2) is 23.7 Å². The summed E-state index contributed by atoms with van der Waals surface area (Å²) in [5, 5.41) is 12.0. The van der Waals surface area contributed by atoms with Crippen molar-refractivity contribution in [3.8, 4) is 11.4 Å². The molecule has 0 spiro atoms. The second-order valence-corrected chi connectivity index (χ2v) is 5.55. The molecular formula is C13H16N2O2S. The predicted molar refractivity (Wildman–Crippen MR) is 71.6 cm³/mol. The van der Waals surface area contributed by atoms with Gasteiger partial charge in [-0.2, -0.15) is 0 Å². The maximum absolute atomic E-state index is 11.2. The highest BCUT2D eigenvalue weighted by molar-refractivity contribution is 7.09. The van der Waals surface area contributed by atoms with Crippen LogP contribution in [0.2, 0.25) is 0 Å². The Balaban J connectivity index is 2.13. The molecule has 0 radical (unpaired) electrons. The lowest BCUT2D eigenvalue weighted by Gasteiger charge is -2.14. The summed E-state index contributed by atoms with van der Waals surface area (Å²) in [5.41, 5.74) is 1.85. The van der Waals surface area contributed by atoms with Crippen LogP contribution in [0.25, 0.3) is 11.4 Å². The molecule has 96 valence electrons. The van der Waals surface area contributed by atoms with E-state index in [1.54, 1.807) is 0 Å². The van der Waals surface area contributed by atoms with E-state index in [1.807, 2.05) is 37.6 Å². The molecule has 5 heteroatoms. The van der Waals surface area contributed by atoms with Crippen LogP contribution in [0.3, 0.4) is 0 Å². The number of carbonyl (C=O) groups is 1. The number of aliphatic carboxylic acids is 1. The van der Waals surface area contributed by atoms with Gasteiger partial charge in [-0.3, -0.25) is 4.79 Å². The van der Waals surface area contributed by atoms with Gasteiger partial charge in [0.2, 0.25) is 0 Å². The molecule has 2 aromatic rings. The molecule has 1 atom stereocenters. The molecule has 2 heterocycles. The standard InChI is InChI=1S/C13H16N2O2S/c1-8(2)9(13(16)17)6-12-15-11(7-18-12)10-4-3-5-14-10/h3-5,7-9,14H,6H2,1-2H3,(H,16,17). The van der Waals surface area contributed by atoms with Crippen LogP contribution in [0.1, 0.15) is 18.9 Å². The molecule has 0 aromatic carbocycles. The van der Waals surface area contributed by atoms with Gasteiger partial charge in [-0.25, -0.2) is 4.98 Å². The molecule has 0 fully saturated rings. The van der Waals surface area contributed by atoms with Crippen LogP contribution in [-0.2, 0) is 11.2 Å². The van der Waals surface area contributed by atoms with Gasteiger partial charge in [0.25, 0.3) is 0 Å². The zero-order chi connectivity index (χ0) is 13.1. The molecular weight excluding hydrogens is 248 g/mol. The van der Waals surface area contributed by atoms with Crippen LogP contribution in [0, 0.1) is 11.8 Å². The molecule has 0 aliphatic rings. The van der Waals surface area contributed by atoms with Crippen molar-refractivity contribution in [1.82, 2.24) is 9.97 Å². The second kappa shape index (κ2) is 5.35. The number of thiazole rings is 1. The smallest absolute Gasteiger partial charge is 0.307 e. The molecule has 1 unspecified atom stereocenters. The summed E-state index contributed by atoms with van der Waals surface area (Å²) in [5.74, 6) is -1.00. The van der Waals surface area contributed by atoms with E-state index in [2.05, 4.69) is 9.97 Å². The van der Waals surface area contributed by atoms with Crippen LogP contribution in [0.5, 0.6) is 0 Å². The Morgan fingerprint density at radius 2 is 2.33 bits per heavy atom. The first kappa shape index (κ1) is 12.8. The fraction of sp³-hybridized carbons (Fsp3) is 0.385. The minimum Gasteiger partial charge on any atom is -0.481 e. The highest BCUT2D eigenvalue weighted by atomic mass is 32.1. The molecule has 0 saturated carbocycles. The van der Waals surface area contributed by atoms with E-state index in [1.165, 1.54) is 11.3 Å². The Kier molecular flexibility index (Phi) is 3.81. The van der Waals surface area contributed by atoms with Gasteiger partial charge in [-0.05, 0) is 18.1 Å². The molecule has 2 rings (SSSR count). The maximum atomic E-state index is 11.2. The minimum atomic E-state index is -0.748. The molecule has 0 amide bonds. The first-order chi connectivity index (χ1) is 8.58. The monoisotopic (exact) mass is 264 g/mol. The van der Waals surface area contributed by atoms with Crippen LogP contribution < -0.4 is 0 Å². The zero-order valence-corrected chi connectivity index (χ0v) is 11.2. The van der Waals surface area contributed by atoms with Gasteiger partial charge in [-0.1, -0.05) is 13.8 Å². The van der Waals surface area contributed by atoms with Gasteiger partial charge >= 0.3 is 5.97 Å². The van der Waals surface area contributed by atoms with Crippen molar-refractivity contribution >= 4 is 17.3 Å². The van der Waals surface area contributed by atoms with Gasteiger partial charge < -0.3 is 10.1 Å². The number of aromatic nitrogens is 2. The molecule has 0 aliphatic carbocycles. The van der Waals surface area contributed by atoms with Crippen LogP contribution in [0.4, 0.5) is 0 Å². The average molecular weight is 264 g/mol. The number of carboxylic acids is 1. The first-order valence-electron chi connectivity index (χ1n) is 5.89. The van der Waals surface area contributed by atoms with E-state index in [0.717, 1.165) is 16.4 Å². The fourth-order valence-corrected chi connectivity index (χ4v) is 2.67. The SMILES string of the molecule is CC(C)C(Cc1nc(-c2ccc[nH]2)cs1)C(=O)O. The third-order valence-corrected chi connectivity index (χ3v) is 3.81. The van der Waals surface area contributed by atoms with Gasteiger partial charge in [0.05, 0.1) is 22.3 Å². The van der Waals surface area contributed by atoms with Crippen molar-refractivity contribution in [2.45, 2.75) is 20.3 Å². The van der Waals surface area contributed by atoms with E-state index in [9.17, 15) is 4.79 Å². The number of H-pyrrole nitrogens is 1. The maximum Gasteiger partial charge on any atom is 0.307 e. The number of aromatic amines is 1. The van der Waals surface area contributed by atoms with Crippen molar-refractivity contribution in [2.75, 3.05) is 0 Å². The van der Waals surface area contributed by atoms with Crippen molar-refractivity contribution in [1.29, 1.82) is 0 Å². The number of hydrogen-bond acceptors (Lipinski definition) is 3. The topological polar surface area (TPSA) is 66.0 Å². The summed E-state index contributed by atoms with van der Waals surface area (Å²) >= 11 is 1.52. The Morgan fingerprint density at radius 1 is 1.56 bits per heavy atom. The summed E-state index contributed by atoms with van der Waals surface area (Å²) in [6, 6.07) is 3.87. The summed E-state index contributed by atoms with van der Waals surface area (Å²) in [6.07, 6.45) is 2.35. The van der Waals surface area contributed by atoms with E-state index < -0.39 is 5.97 Å². The molecule has 0 saturated heterocycles. The summed E-state index contributed by atoms with van der Waals surface area (Å²) < 4.78 is 0. The van der Waals surface area contributed by atoms with Gasteiger partial charge in [-0.15, -0.1) is 11.3 Å². The van der Waals surface area contributed by atoms with Crippen molar-refractivity contribution in [3.05, 3.63) is 28.7 Å². The summed E-state index contributed by atoms with van der Waals surface area (Å²) in [4.78, 5) is 18.7. The number of nitrogens with zero attached hydrogens (tertiary/aromatic N) is 1. The van der Waals surface area contributed by atoms with E-state index in [-0.39, 0.29) is 11.8 Å². The number of rotatable bonds is 5. The highest BCUT2D eigenvalue weighted by Gasteiger charge is 2.23. The van der Waals surface area contributed by atoms with E-state index in [0.29, 0.717) is 6.42 Å². The lowest BCUT2D eigenvalue weighted by Crippen LogP contribution is -2.22. The van der Waals surface area contributed by atoms with Gasteiger partial charge in [0.1, 0.15) is 0 Å². The van der Waals surface area contributed by atoms with E-state index >= 15 is 0 Å².